The number of carbonyl (C=O) groups is 1. The minimum absolute atomic E-state index is 0.0406. The topological polar surface area (TPSA) is 77.2 Å². The lowest BCUT2D eigenvalue weighted by molar-refractivity contribution is -0.124. The van der Waals surface area contributed by atoms with Crippen molar-refractivity contribution < 1.29 is 9.53 Å². The molecule has 1 amide bonds. The van der Waals surface area contributed by atoms with Gasteiger partial charge in [-0.1, -0.05) is 18.0 Å². The summed E-state index contributed by atoms with van der Waals surface area (Å²) in [7, 11) is 0. The molecular weight excluding hydrogens is 314 g/mol. The van der Waals surface area contributed by atoms with Gasteiger partial charge in [0.15, 0.2) is 6.61 Å². The zero-order chi connectivity index (χ0) is 16.2. The summed E-state index contributed by atoms with van der Waals surface area (Å²) in [5.74, 6) is 0.799. The first-order chi connectivity index (χ1) is 11.2. The highest BCUT2D eigenvalue weighted by molar-refractivity contribution is 6.35. The molecule has 23 heavy (non-hydrogen) atoms. The normalized spacial score (nSPS) is 20.6. The van der Waals surface area contributed by atoms with Crippen LogP contribution in [0.25, 0.3) is 10.9 Å². The molecule has 1 aromatic heterocycles. The Hall–Kier alpha value is -1.85. The molecule has 2 atom stereocenters. The standard InChI is InChI=1S/C17H20ClN3O2/c18-13-6-7-15(17-12(13)4-2-8-20-17)23-10-16(22)21-14-5-1-3-11(14)9-19/h2,4,6-8,11,14H,1,3,5,9-10,19H2,(H,21,22). The van der Waals surface area contributed by atoms with Crippen LogP contribution in [0.5, 0.6) is 5.75 Å². The van der Waals surface area contributed by atoms with Gasteiger partial charge in [0.05, 0.1) is 5.02 Å². The second-order valence-corrected chi connectivity index (χ2v) is 6.24. The van der Waals surface area contributed by atoms with Gasteiger partial charge in [-0.15, -0.1) is 0 Å². The molecule has 2 unspecified atom stereocenters. The van der Waals surface area contributed by atoms with Crippen LogP contribution in [0.2, 0.25) is 5.02 Å². The van der Waals surface area contributed by atoms with Gasteiger partial charge in [-0.05, 0) is 49.6 Å². The predicted molar refractivity (Wildman–Crippen MR) is 90.6 cm³/mol. The number of hydrogen-bond donors (Lipinski definition) is 2. The zero-order valence-electron chi connectivity index (χ0n) is 12.8. The summed E-state index contributed by atoms with van der Waals surface area (Å²) >= 11 is 6.15. The average molecular weight is 334 g/mol. The van der Waals surface area contributed by atoms with Gasteiger partial charge < -0.3 is 15.8 Å². The molecule has 0 bridgehead atoms. The Morgan fingerprint density at radius 2 is 2.26 bits per heavy atom. The van der Waals surface area contributed by atoms with Gasteiger partial charge in [-0.2, -0.15) is 0 Å². The molecule has 1 saturated carbocycles. The Labute approximate surface area is 140 Å². The summed E-state index contributed by atoms with van der Waals surface area (Å²) in [6.07, 6.45) is 4.85. The first-order valence-corrected chi connectivity index (χ1v) is 8.22. The lowest BCUT2D eigenvalue weighted by Gasteiger charge is -2.19. The second-order valence-electron chi connectivity index (χ2n) is 5.83. The Morgan fingerprint density at radius 3 is 3.09 bits per heavy atom. The number of halogens is 1. The van der Waals surface area contributed by atoms with Gasteiger partial charge in [0.25, 0.3) is 5.91 Å². The molecule has 2 aromatic rings. The summed E-state index contributed by atoms with van der Waals surface area (Å²) in [6.45, 7) is 0.568. The smallest absolute Gasteiger partial charge is 0.258 e. The summed E-state index contributed by atoms with van der Waals surface area (Å²) in [5, 5.41) is 4.44. The minimum atomic E-state index is -0.130. The van der Waals surface area contributed by atoms with E-state index in [1.807, 2.05) is 12.1 Å². The monoisotopic (exact) mass is 333 g/mol. The van der Waals surface area contributed by atoms with Crippen LogP contribution in [0.15, 0.2) is 30.5 Å². The molecule has 0 aliphatic heterocycles. The lowest BCUT2D eigenvalue weighted by Crippen LogP contribution is -2.42. The van der Waals surface area contributed by atoms with Crippen LogP contribution in [0.3, 0.4) is 0 Å². The van der Waals surface area contributed by atoms with Gasteiger partial charge in [0.2, 0.25) is 0 Å². The summed E-state index contributed by atoms with van der Waals surface area (Å²) in [6, 6.07) is 7.35. The molecule has 0 spiro atoms. The maximum atomic E-state index is 12.1. The van der Waals surface area contributed by atoms with Gasteiger partial charge in [0.1, 0.15) is 11.3 Å². The van der Waals surface area contributed by atoms with Crippen LogP contribution < -0.4 is 15.8 Å². The fourth-order valence-electron chi connectivity index (χ4n) is 3.13. The van der Waals surface area contributed by atoms with Crippen molar-refractivity contribution in [3.63, 3.8) is 0 Å². The molecule has 1 heterocycles. The van der Waals surface area contributed by atoms with Gasteiger partial charge in [-0.3, -0.25) is 9.78 Å². The first kappa shape index (κ1) is 16.0. The highest BCUT2D eigenvalue weighted by atomic mass is 35.5. The van der Waals surface area contributed by atoms with Gasteiger partial charge in [-0.25, -0.2) is 0 Å². The SMILES string of the molecule is NCC1CCCC1NC(=O)COc1ccc(Cl)c2cccnc12. The average Bonchev–Trinajstić information content (AvgIpc) is 3.01. The number of amides is 1. The number of hydrogen-bond acceptors (Lipinski definition) is 4. The molecule has 122 valence electrons. The van der Waals surface area contributed by atoms with Crippen LogP contribution in [0.4, 0.5) is 0 Å². The summed E-state index contributed by atoms with van der Waals surface area (Å²) in [5.41, 5.74) is 6.40. The number of nitrogens with two attached hydrogens (primary N) is 1. The van der Waals surface area contributed by atoms with E-state index in [-0.39, 0.29) is 18.6 Å². The number of rotatable bonds is 5. The molecule has 5 nitrogen and oxygen atoms in total. The van der Waals surface area contributed by atoms with Crippen molar-refractivity contribution >= 4 is 28.4 Å². The number of ether oxygens (including phenoxy) is 1. The molecular formula is C17H20ClN3O2. The lowest BCUT2D eigenvalue weighted by atomic mass is 10.0. The number of fused-ring (bicyclic) bond motifs is 1. The third-order valence-electron chi connectivity index (χ3n) is 4.35. The van der Waals surface area contributed by atoms with Crippen LogP contribution in [-0.2, 0) is 4.79 Å². The van der Waals surface area contributed by atoms with Crippen LogP contribution in [0.1, 0.15) is 19.3 Å². The molecule has 3 N–H and O–H groups in total. The molecule has 1 fully saturated rings. The number of nitrogens with zero attached hydrogens (tertiary/aromatic N) is 1. The van der Waals surface area contributed by atoms with Gasteiger partial charge >= 0.3 is 0 Å². The summed E-state index contributed by atoms with van der Waals surface area (Å²) < 4.78 is 5.65. The quantitative estimate of drug-likeness (QED) is 0.881. The van der Waals surface area contributed by atoms with Crippen molar-refractivity contribution in [2.75, 3.05) is 13.2 Å². The summed E-state index contributed by atoms with van der Waals surface area (Å²) in [4.78, 5) is 16.4. The molecule has 0 radical (unpaired) electrons. The van der Waals surface area contributed by atoms with E-state index in [0.717, 1.165) is 24.6 Å². The van der Waals surface area contributed by atoms with Crippen LogP contribution >= 0.6 is 11.6 Å². The molecule has 1 aliphatic rings. The van der Waals surface area contributed by atoms with Crippen molar-refractivity contribution in [2.24, 2.45) is 11.7 Å². The van der Waals surface area contributed by atoms with Crippen LogP contribution in [0, 0.1) is 5.92 Å². The Bertz CT molecular complexity index is 707. The number of pyridine rings is 1. The number of nitrogens with one attached hydrogen (secondary N) is 1. The largest absolute Gasteiger partial charge is 0.481 e. The van der Waals surface area contributed by atoms with Crippen molar-refractivity contribution in [3.8, 4) is 5.75 Å². The van der Waals surface area contributed by atoms with E-state index in [1.165, 1.54) is 0 Å². The van der Waals surface area contributed by atoms with Gasteiger partial charge in [0, 0.05) is 17.6 Å². The highest BCUT2D eigenvalue weighted by Crippen LogP contribution is 2.29. The third-order valence-corrected chi connectivity index (χ3v) is 4.68. The Balaban J connectivity index is 1.64. The third kappa shape index (κ3) is 3.57. The van der Waals surface area contributed by atoms with Crippen LogP contribution in [-0.4, -0.2) is 30.1 Å². The van der Waals surface area contributed by atoms with E-state index < -0.39 is 0 Å². The van der Waals surface area contributed by atoms with E-state index in [9.17, 15) is 4.79 Å². The predicted octanol–water partition coefficient (Wildman–Crippen LogP) is 2.51. The van der Waals surface area contributed by atoms with E-state index >= 15 is 0 Å². The fraction of sp³-hybridized carbons (Fsp3) is 0.412. The van der Waals surface area contributed by atoms with Crippen molar-refractivity contribution in [3.05, 3.63) is 35.5 Å². The van der Waals surface area contributed by atoms with E-state index in [1.54, 1.807) is 18.3 Å². The van der Waals surface area contributed by atoms with Crippen molar-refractivity contribution in [1.82, 2.24) is 10.3 Å². The fourth-order valence-corrected chi connectivity index (χ4v) is 3.34. The Kier molecular flexibility index (Phi) is 4.98. The zero-order valence-corrected chi connectivity index (χ0v) is 13.6. The van der Waals surface area contributed by atoms with Crippen molar-refractivity contribution in [2.45, 2.75) is 25.3 Å². The van der Waals surface area contributed by atoms with E-state index in [2.05, 4.69) is 10.3 Å². The minimum Gasteiger partial charge on any atom is -0.481 e. The maximum absolute atomic E-state index is 12.1. The van der Waals surface area contributed by atoms with Crippen molar-refractivity contribution in [1.29, 1.82) is 0 Å². The first-order valence-electron chi connectivity index (χ1n) is 7.84. The maximum Gasteiger partial charge on any atom is 0.258 e. The molecule has 6 heteroatoms. The second kappa shape index (κ2) is 7.15. The number of aromatic nitrogens is 1. The Morgan fingerprint density at radius 1 is 1.39 bits per heavy atom. The molecule has 1 aliphatic carbocycles. The van der Waals surface area contributed by atoms with E-state index in [0.29, 0.717) is 28.8 Å². The highest BCUT2D eigenvalue weighted by Gasteiger charge is 2.27. The molecule has 1 aromatic carbocycles. The number of benzene rings is 1. The molecule has 3 rings (SSSR count). The molecule has 0 saturated heterocycles. The van der Waals surface area contributed by atoms with E-state index in [4.69, 9.17) is 22.1 Å². The number of carbonyl (C=O) groups excluding carboxylic acids is 1.